The van der Waals surface area contributed by atoms with E-state index in [1.54, 1.807) is 0 Å². The molecule has 3 rings (SSSR count). The van der Waals surface area contributed by atoms with Gasteiger partial charge in [0.05, 0.1) is 13.2 Å². The SMILES string of the molecule is CCc1cc(C(C)(C)COCc2cccc(Oc3ccccc3)c2)ccc1C. The van der Waals surface area contributed by atoms with Crippen molar-refractivity contribution in [3.8, 4) is 11.5 Å². The summed E-state index contributed by atoms with van der Waals surface area (Å²) in [6, 6.07) is 24.7. The lowest BCUT2D eigenvalue weighted by atomic mass is 9.83. The van der Waals surface area contributed by atoms with Crippen LogP contribution in [0.1, 0.15) is 43.0 Å². The maximum Gasteiger partial charge on any atom is 0.127 e. The van der Waals surface area contributed by atoms with Crippen LogP contribution in [0.15, 0.2) is 72.8 Å². The maximum atomic E-state index is 6.09. The highest BCUT2D eigenvalue weighted by Gasteiger charge is 2.21. The van der Waals surface area contributed by atoms with E-state index >= 15 is 0 Å². The Morgan fingerprint density at radius 1 is 0.821 bits per heavy atom. The van der Waals surface area contributed by atoms with Crippen LogP contribution in [-0.4, -0.2) is 6.61 Å². The molecule has 0 aromatic heterocycles. The first-order valence-corrected chi connectivity index (χ1v) is 9.97. The molecule has 0 amide bonds. The first kappa shape index (κ1) is 20.2. The minimum atomic E-state index is -0.0320. The van der Waals surface area contributed by atoms with Gasteiger partial charge in [-0.05, 0) is 59.9 Å². The molecule has 0 fully saturated rings. The average molecular weight is 375 g/mol. The fraction of sp³-hybridized carbons (Fsp3) is 0.308. The molecule has 0 atom stereocenters. The van der Waals surface area contributed by atoms with Gasteiger partial charge in [-0.25, -0.2) is 0 Å². The van der Waals surface area contributed by atoms with Crippen molar-refractivity contribution in [3.63, 3.8) is 0 Å². The summed E-state index contributed by atoms with van der Waals surface area (Å²) in [5.74, 6) is 1.67. The molecule has 0 saturated heterocycles. The lowest BCUT2D eigenvalue weighted by Crippen LogP contribution is -2.24. The molecular formula is C26H30O2. The molecule has 0 saturated carbocycles. The Bertz CT molecular complexity index is 897. The van der Waals surface area contributed by atoms with Crippen LogP contribution in [0, 0.1) is 6.92 Å². The van der Waals surface area contributed by atoms with E-state index in [1.165, 1.54) is 16.7 Å². The van der Waals surface area contributed by atoms with Crippen LogP contribution in [-0.2, 0) is 23.2 Å². The number of hydrogen-bond donors (Lipinski definition) is 0. The van der Waals surface area contributed by atoms with Gasteiger partial charge < -0.3 is 9.47 Å². The summed E-state index contributed by atoms with van der Waals surface area (Å²) in [7, 11) is 0. The number of para-hydroxylation sites is 1. The van der Waals surface area contributed by atoms with E-state index < -0.39 is 0 Å². The summed E-state index contributed by atoms with van der Waals surface area (Å²) in [6.07, 6.45) is 1.06. The van der Waals surface area contributed by atoms with Crippen LogP contribution < -0.4 is 4.74 Å². The van der Waals surface area contributed by atoms with Crippen LogP contribution >= 0.6 is 0 Å². The molecule has 0 radical (unpaired) electrons. The zero-order valence-electron chi connectivity index (χ0n) is 17.4. The fourth-order valence-corrected chi connectivity index (χ4v) is 3.30. The zero-order valence-corrected chi connectivity index (χ0v) is 17.4. The molecule has 0 N–H and O–H groups in total. The second-order valence-corrected chi connectivity index (χ2v) is 7.93. The first-order chi connectivity index (χ1) is 13.5. The molecule has 0 aliphatic carbocycles. The van der Waals surface area contributed by atoms with E-state index in [9.17, 15) is 0 Å². The van der Waals surface area contributed by atoms with E-state index in [2.05, 4.69) is 52.0 Å². The summed E-state index contributed by atoms with van der Waals surface area (Å²) in [4.78, 5) is 0. The highest BCUT2D eigenvalue weighted by atomic mass is 16.5. The number of rotatable bonds is 8. The van der Waals surface area contributed by atoms with E-state index in [4.69, 9.17) is 9.47 Å². The molecule has 0 spiro atoms. The van der Waals surface area contributed by atoms with E-state index in [0.717, 1.165) is 23.5 Å². The van der Waals surface area contributed by atoms with Crippen molar-refractivity contribution in [2.24, 2.45) is 0 Å². The van der Waals surface area contributed by atoms with Gasteiger partial charge in [-0.15, -0.1) is 0 Å². The Morgan fingerprint density at radius 2 is 1.57 bits per heavy atom. The average Bonchev–Trinajstić information content (AvgIpc) is 2.69. The molecule has 3 aromatic carbocycles. The van der Waals surface area contributed by atoms with E-state index in [0.29, 0.717) is 13.2 Å². The molecular weight excluding hydrogens is 344 g/mol. The van der Waals surface area contributed by atoms with Gasteiger partial charge in [-0.2, -0.15) is 0 Å². The largest absolute Gasteiger partial charge is 0.457 e. The monoisotopic (exact) mass is 374 g/mol. The molecule has 3 aromatic rings. The molecule has 0 heterocycles. The third kappa shape index (κ3) is 5.24. The van der Waals surface area contributed by atoms with Gasteiger partial charge >= 0.3 is 0 Å². The summed E-state index contributed by atoms with van der Waals surface area (Å²) >= 11 is 0. The standard InChI is InChI=1S/C26H30O2/c1-5-22-17-23(15-14-20(22)2)26(3,4)19-27-18-21-10-9-13-25(16-21)28-24-11-7-6-8-12-24/h6-17H,5,18-19H2,1-4H3. The second-order valence-electron chi connectivity index (χ2n) is 7.93. The molecule has 0 bridgehead atoms. The van der Waals surface area contributed by atoms with Crippen LogP contribution in [0.4, 0.5) is 0 Å². The van der Waals surface area contributed by atoms with Crippen LogP contribution in [0.3, 0.4) is 0 Å². The summed E-state index contributed by atoms with van der Waals surface area (Å²) in [5, 5.41) is 0. The minimum absolute atomic E-state index is 0.0320. The number of aryl methyl sites for hydroxylation is 2. The molecule has 146 valence electrons. The lowest BCUT2D eigenvalue weighted by Gasteiger charge is -2.26. The van der Waals surface area contributed by atoms with Gasteiger partial charge in [0.1, 0.15) is 11.5 Å². The Kier molecular flexibility index (Phi) is 6.53. The van der Waals surface area contributed by atoms with Gasteiger partial charge in [0, 0.05) is 5.41 Å². The predicted octanol–water partition coefficient (Wildman–Crippen LogP) is 6.84. The van der Waals surface area contributed by atoms with Gasteiger partial charge in [0.25, 0.3) is 0 Å². The topological polar surface area (TPSA) is 18.5 Å². The quantitative estimate of drug-likeness (QED) is 0.429. The predicted molar refractivity (Wildman–Crippen MR) is 116 cm³/mol. The Balaban J connectivity index is 1.60. The summed E-state index contributed by atoms with van der Waals surface area (Å²) in [6.45, 7) is 10.1. The number of ether oxygens (including phenoxy) is 2. The van der Waals surface area contributed by atoms with Gasteiger partial charge in [0.2, 0.25) is 0 Å². The number of benzene rings is 3. The molecule has 0 aliphatic heterocycles. The third-order valence-corrected chi connectivity index (χ3v) is 5.12. The summed E-state index contributed by atoms with van der Waals surface area (Å²) < 4.78 is 12.0. The van der Waals surface area contributed by atoms with Gasteiger partial charge in [-0.1, -0.05) is 69.3 Å². The van der Waals surface area contributed by atoms with Gasteiger partial charge in [-0.3, -0.25) is 0 Å². The van der Waals surface area contributed by atoms with E-state index in [1.807, 2.05) is 48.5 Å². The number of hydrogen-bond acceptors (Lipinski definition) is 2. The van der Waals surface area contributed by atoms with E-state index in [-0.39, 0.29) is 5.41 Å². The first-order valence-electron chi connectivity index (χ1n) is 9.97. The lowest BCUT2D eigenvalue weighted by molar-refractivity contribution is 0.0824. The van der Waals surface area contributed by atoms with Crippen molar-refractivity contribution >= 4 is 0 Å². The normalized spacial score (nSPS) is 11.4. The highest BCUT2D eigenvalue weighted by molar-refractivity contribution is 5.35. The van der Waals surface area contributed by atoms with Gasteiger partial charge in [0.15, 0.2) is 0 Å². The van der Waals surface area contributed by atoms with Crippen LogP contribution in [0.2, 0.25) is 0 Å². The molecule has 2 nitrogen and oxygen atoms in total. The molecule has 28 heavy (non-hydrogen) atoms. The smallest absolute Gasteiger partial charge is 0.127 e. The highest BCUT2D eigenvalue weighted by Crippen LogP contribution is 2.27. The maximum absolute atomic E-state index is 6.09. The van der Waals surface area contributed by atoms with Crippen LogP contribution in [0.5, 0.6) is 11.5 Å². The second kappa shape index (κ2) is 9.07. The van der Waals surface area contributed by atoms with Crippen molar-refractivity contribution in [1.29, 1.82) is 0 Å². The Morgan fingerprint density at radius 3 is 2.32 bits per heavy atom. The Hall–Kier alpha value is -2.58. The summed E-state index contributed by atoms with van der Waals surface area (Å²) in [5.41, 5.74) is 5.18. The van der Waals surface area contributed by atoms with Crippen molar-refractivity contribution in [1.82, 2.24) is 0 Å². The van der Waals surface area contributed by atoms with Crippen molar-refractivity contribution in [2.45, 2.75) is 46.1 Å². The minimum Gasteiger partial charge on any atom is -0.457 e. The fourth-order valence-electron chi connectivity index (χ4n) is 3.30. The van der Waals surface area contributed by atoms with Crippen molar-refractivity contribution in [3.05, 3.63) is 95.1 Å². The molecule has 2 heteroatoms. The van der Waals surface area contributed by atoms with Crippen LogP contribution in [0.25, 0.3) is 0 Å². The van der Waals surface area contributed by atoms with Crippen molar-refractivity contribution < 1.29 is 9.47 Å². The Labute approximate surface area is 169 Å². The van der Waals surface area contributed by atoms with Crippen molar-refractivity contribution in [2.75, 3.05) is 6.61 Å². The zero-order chi connectivity index (χ0) is 20.0. The molecule has 0 aliphatic rings. The third-order valence-electron chi connectivity index (χ3n) is 5.12. The molecule has 0 unspecified atom stereocenters.